The smallest absolute Gasteiger partial charge is 0.266 e. The molecule has 1 fully saturated rings. The van der Waals surface area contributed by atoms with Gasteiger partial charge in [0.05, 0.1) is 15.1 Å². The molecule has 4 rings (SSSR count). The Labute approximate surface area is 188 Å². The Morgan fingerprint density at radius 1 is 1.23 bits per heavy atom. The lowest BCUT2D eigenvalue weighted by atomic mass is 10.2. The van der Waals surface area contributed by atoms with Crippen LogP contribution in [0.4, 0.5) is 0 Å². The standard InChI is InChI=1S/C20H20ClN3O3S3/c1-23-16-10-7-14(28-2)12-18(16)29-20(23)22-19(25)17-4-3-11-24(17)30(26,27)15-8-5-13(21)6-9-15/h5-10,12,17H,3-4,11H2,1-2H3. The number of hydrogen-bond donors (Lipinski definition) is 0. The Morgan fingerprint density at radius 3 is 2.67 bits per heavy atom. The first-order chi connectivity index (χ1) is 14.3. The molecule has 1 atom stereocenters. The van der Waals surface area contributed by atoms with Crippen LogP contribution in [-0.2, 0) is 21.9 Å². The molecule has 1 saturated heterocycles. The maximum Gasteiger partial charge on any atom is 0.266 e. The molecular formula is C20H20ClN3O3S3. The van der Waals surface area contributed by atoms with Crippen LogP contribution in [0.15, 0.2) is 57.2 Å². The third-order valence-electron chi connectivity index (χ3n) is 5.13. The summed E-state index contributed by atoms with van der Waals surface area (Å²) in [5.74, 6) is -0.433. The number of hydrogen-bond acceptors (Lipinski definition) is 5. The highest BCUT2D eigenvalue weighted by Crippen LogP contribution is 2.28. The number of aryl methyl sites for hydroxylation is 1. The third kappa shape index (κ3) is 3.97. The van der Waals surface area contributed by atoms with Crippen molar-refractivity contribution in [2.24, 2.45) is 12.0 Å². The van der Waals surface area contributed by atoms with Crippen LogP contribution in [0.25, 0.3) is 10.2 Å². The molecule has 0 saturated carbocycles. The normalized spacial score (nSPS) is 18.4. The Bertz CT molecular complexity index is 1280. The van der Waals surface area contributed by atoms with E-state index in [-0.39, 0.29) is 4.90 Å². The van der Waals surface area contributed by atoms with Crippen molar-refractivity contribution in [1.29, 1.82) is 0 Å². The summed E-state index contributed by atoms with van der Waals surface area (Å²) >= 11 is 8.96. The summed E-state index contributed by atoms with van der Waals surface area (Å²) in [5, 5.41) is 0.458. The van der Waals surface area contributed by atoms with E-state index in [1.54, 1.807) is 11.8 Å². The van der Waals surface area contributed by atoms with Crippen LogP contribution < -0.4 is 4.80 Å². The van der Waals surface area contributed by atoms with Gasteiger partial charge in [-0.2, -0.15) is 9.30 Å². The van der Waals surface area contributed by atoms with E-state index in [0.29, 0.717) is 29.2 Å². The van der Waals surface area contributed by atoms with E-state index >= 15 is 0 Å². The summed E-state index contributed by atoms with van der Waals surface area (Å²) in [4.78, 5) is 19.1. The minimum Gasteiger partial charge on any atom is -0.319 e. The largest absolute Gasteiger partial charge is 0.319 e. The van der Waals surface area contributed by atoms with Crippen molar-refractivity contribution in [3.05, 3.63) is 52.3 Å². The van der Waals surface area contributed by atoms with E-state index in [0.717, 1.165) is 15.1 Å². The Hall–Kier alpha value is -1.65. The molecule has 1 aliphatic heterocycles. The first-order valence-corrected chi connectivity index (χ1v) is 13.2. The van der Waals surface area contributed by atoms with Crippen LogP contribution in [0.2, 0.25) is 5.02 Å². The van der Waals surface area contributed by atoms with E-state index in [1.165, 1.54) is 39.9 Å². The number of aromatic nitrogens is 1. The van der Waals surface area contributed by atoms with Crippen molar-refractivity contribution in [3.63, 3.8) is 0 Å². The topological polar surface area (TPSA) is 71.7 Å². The summed E-state index contributed by atoms with van der Waals surface area (Å²) in [6, 6.07) is 11.3. The van der Waals surface area contributed by atoms with E-state index in [4.69, 9.17) is 11.6 Å². The van der Waals surface area contributed by atoms with Crippen LogP contribution in [0, 0.1) is 0 Å². The van der Waals surface area contributed by atoms with Gasteiger partial charge in [0.2, 0.25) is 10.0 Å². The van der Waals surface area contributed by atoms with Crippen molar-refractivity contribution in [2.75, 3.05) is 12.8 Å². The number of carbonyl (C=O) groups excluding carboxylic acids is 1. The third-order valence-corrected chi connectivity index (χ3v) is 9.13. The first-order valence-electron chi connectivity index (χ1n) is 9.31. The van der Waals surface area contributed by atoms with Crippen LogP contribution in [-0.4, -0.2) is 42.0 Å². The SMILES string of the molecule is CSc1ccc2c(c1)sc(=NC(=O)C1CCCN1S(=O)(=O)c1ccc(Cl)cc1)n2C. The molecule has 2 heterocycles. The van der Waals surface area contributed by atoms with E-state index in [2.05, 4.69) is 11.1 Å². The molecule has 1 unspecified atom stereocenters. The van der Waals surface area contributed by atoms with Gasteiger partial charge < -0.3 is 4.57 Å². The Balaban J connectivity index is 1.68. The molecule has 3 aromatic rings. The van der Waals surface area contributed by atoms with Crippen molar-refractivity contribution in [1.82, 2.24) is 8.87 Å². The maximum absolute atomic E-state index is 13.1. The van der Waals surface area contributed by atoms with Gasteiger partial charge >= 0.3 is 0 Å². The Kier molecular flexibility index (Phi) is 6.09. The maximum atomic E-state index is 13.1. The fourth-order valence-corrected chi connectivity index (χ4v) is 6.89. The molecule has 1 aromatic heterocycles. The van der Waals surface area contributed by atoms with Crippen molar-refractivity contribution in [2.45, 2.75) is 28.7 Å². The molecular weight excluding hydrogens is 462 g/mol. The molecule has 0 bridgehead atoms. The van der Waals surface area contributed by atoms with Crippen molar-refractivity contribution in [3.8, 4) is 0 Å². The quantitative estimate of drug-likeness (QED) is 0.530. The number of rotatable bonds is 4. The molecule has 10 heteroatoms. The monoisotopic (exact) mass is 481 g/mol. The van der Waals surface area contributed by atoms with E-state index in [1.807, 2.05) is 30.0 Å². The van der Waals surface area contributed by atoms with Gasteiger partial charge in [0.15, 0.2) is 4.80 Å². The number of benzene rings is 2. The molecule has 0 N–H and O–H groups in total. The van der Waals surface area contributed by atoms with Gasteiger partial charge in [-0.3, -0.25) is 4.79 Å². The minimum atomic E-state index is -3.80. The molecule has 0 radical (unpaired) electrons. The number of thioether (sulfide) groups is 1. The van der Waals surface area contributed by atoms with E-state index in [9.17, 15) is 13.2 Å². The molecule has 158 valence electrons. The van der Waals surface area contributed by atoms with Crippen LogP contribution in [0.3, 0.4) is 0 Å². The van der Waals surface area contributed by atoms with Gasteiger partial charge in [-0.1, -0.05) is 22.9 Å². The fraction of sp³-hybridized carbons (Fsp3) is 0.300. The lowest BCUT2D eigenvalue weighted by Gasteiger charge is -2.21. The zero-order chi connectivity index (χ0) is 21.5. The lowest BCUT2D eigenvalue weighted by Crippen LogP contribution is -2.40. The highest BCUT2D eigenvalue weighted by Gasteiger charge is 2.39. The summed E-state index contributed by atoms with van der Waals surface area (Å²) in [5.41, 5.74) is 0.987. The van der Waals surface area contributed by atoms with Crippen molar-refractivity contribution < 1.29 is 13.2 Å². The number of halogens is 1. The van der Waals surface area contributed by atoms with Crippen LogP contribution in [0.1, 0.15) is 12.8 Å². The number of carbonyl (C=O) groups is 1. The summed E-state index contributed by atoms with van der Waals surface area (Å²) < 4.78 is 30.3. The number of nitrogens with zero attached hydrogens (tertiary/aromatic N) is 3. The minimum absolute atomic E-state index is 0.128. The second kappa shape index (κ2) is 8.47. The molecule has 1 amide bonds. The van der Waals surface area contributed by atoms with Gasteiger partial charge in [-0.05, 0) is 61.6 Å². The van der Waals surface area contributed by atoms with E-state index < -0.39 is 22.0 Å². The molecule has 2 aromatic carbocycles. The zero-order valence-corrected chi connectivity index (χ0v) is 19.6. The molecule has 0 aliphatic carbocycles. The molecule has 6 nitrogen and oxygen atoms in total. The van der Waals surface area contributed by atoms with Crippen molar-refractivity contribution >= 4 is 60.8 Å². The lowest BCUT2D eigenvalue weighted by molar-refractivity contribution is -0.121. The van der Waals surface area contributed by atoms with Gasteiger partial charge in [-0.15, -0.1) is 11.8 Å². The highest BCUT2D eigenvalue weighted by atomic mass is 35.5. The number of fused-ring (bicyclic) bond motifs is 1. The average Bonchev–Trinajstić information content (AvgIpc) is 3.34. The van der Waals surface area contributed by atoms with Gasteiger partial charge in [-0.25, -0.2) is 8.42 Å². The average molecular weight is 482 g/mol. The summed E-state index contributed by atoms with van der Waals surface area (Å²) in [7, 11) is -1.94. The fourth-order valence-electron chi connectivity index (χ4n) is 3.53. The summed E-state index contributed by atoms with van der Waals surface area (Å²) in [6.45, 7) is 0.298. The first kappa shape index (κ1) is 21.6. The van der Waals surface area contributed by atoms with Crippen LogP contribution >= 0.6 is 34.7 Å². The van der Waals surface area contributed by atoms with Crippen LogP contribution in [0.5, 0.6) is 0 Å². The predicted molar refractivity (Wildman–Crippen MR) is 122 cm³/mol. The number of thiazole rings is 1. The number of amides is 1. The molecule has 30 heavy (non-hydrogen) atoms. The Morgan fingerprint density at radius 2 is 1.97 bits per heavy atom. The van der Waals surface area contributed by atoms with Gasteiger partial charge in [0, 0.05) is 23.5 Å². The zero-order valence-electron chi connectivity index (χ0n) is 16.4. The predicted octanol–water partition coefficient (Wildman–Crippen LogP) is 3.90. The summed E-state index contributed by atoms with van der Waals surface area (Å²) in [6.07, 6.45) is 3.09. The van der Waals surface area contributed by atoms with Gasteiger partial charge in [0.25, 0.3) is 5.91 Å². The second-order valence-corrected chi connectivity index (χ2v) is 11.2. The highest BCUT2D eigenvalue weighted by molar-refractivity contribution is 7.98. The van der Waals surface area contributed by atoms with Gasteiger partial charge in [0.1, 0.15) is 6.04 Å². The number of sulfonamides is 1. The molecule has 0 spiro atoms. The second-order valence-electron chi connectivity index (χ2n) is 6.96. The molecule has 1 aliphatic rings.